The summed E-state index contributed by atoms with van der Waals surface area (Å²) in [4.78, 5) is 26.2. The molecule has 0 aromatic heterocycles. The number of carbonyl (C=O) groups excluding carboxylic acids is 2. The number of rotatable bonds is 4. The Morgan fingerprint density at radius 3 is 2.41 bits per heavy atom. The SMILES string of the molecule is N#C/C(C(N)=O)=C1/SC(Cc2ccc(Br)cc2)C(=O)N1c1ccc(Cl)cc1. The maximum atomic E-state index is 13.1. The molecule has 2 aromatic rings. The molecular formula is C19H13BrClN3O2S. The third kappa shape index (κ3) is 4.19. The Morgan fingerprint density at radius 2 is 1.85 bits per heavy atom. The quantitative estimate of drug-likeness (QED) is 0.549. The van der Waals surface area contributed by atoms with Gasteiger partial charge in [0, 0.05) is 15.2 Å². The summed E-state index contributed by atoms with van der Waals surface area (Å²) in [6.45, 7) is 0. The van der Waals surface area contributed by atoms with Crippen molar-refractivity contribution < 1.29 is 9.59 Å². The molecule has 27 heavy (non-hydrogen) atoms. The van der Waals surface area contributed by atoms with E-state index >= 15 is 0 Å². The first-order valence-electron chi connectivity index (χ1n) is 7.85. The van der Waals surface area contributed by atoms with Crippen molar-refractivity contribution in [2.24, 2.45) is 5.73 Å². The number of carbonyl (C=O) groups is 2. The molecule has 1 heterocycles. The maximum absolute atomic E-state index is 13.1. The van der Waals surface area contributed by atoms with Gasteiger partial charge in [0.15, 0.2) is 0 Å². The third-order valence-electron chi connectivity index (χ3n) is 3.94. The summed E-state index contributed by atoms with van der Waals surface area (Å²) in [5.41, 5.74) is 6.62. The lowest BCUT2D eigenvalue weighted by Gasteiger charge is -2.18. The van der Waals surface area contributed by atoms with Gasteiger partial charge in [0.05, 0.1) is 5.25 Å². The number of hydrogen-bond donors (Lipinski definition) is 1. The van der Waals surface area contributed by atoms with Crippen molar-refractivity contribution in [3.63, 3.8) is 0 Å². The van der Waals surface area contributed by atoms with Crippen LogP contribution in [0.5, 0.6) is 0 Å². The number of hydrogen-bond acceptors (Lipinski definition) is 4. The average molecular weight is 463 g/mol. The highest BCUT2D eigenvalue weighted by molar-refractivity contribution is 9.10. The second kappa shape index (κ2) is 8.17. The summed E-state index contributed by atoms with van der Waals surface area (Å²) in [5, 5.41) is 9.67. The zero-order valence-electron chi connectivity index (χ0n) is 13.9. The first-order valence-corrected chi connectivity index (χ1v) is 9.90. The van der Waals surface area contributed by atoms with Crippen LogP contribution in [0.15, 0.2) is 63.6 Å². The van der Waals surface area contributed by atoms with Crippen molar-refractivity contribution >= 4 is 56.8 Å². The summed E-state index contributed by atoms with van der Waals surface area (Å²) < 4.78 is 0.945. The predicted molar refractivity (Wildman–Crippen MR) is 110 cm³/mol. The first-order chi connectivity index (χ1) is 12.9. The lowest BCUT2D eigenvalue weighted by molar-refractivity contribution is -0.117. The monoisotopic (exact) mass is 461 g/mol. The van der Waals surface area contributed by atoms with E-state index in [-0.39, 0.29) is 16.5 Å². The molecule has 0 bridgehead atoms. The van der Waals surface area contributed by atoms with Crippen molar-refractivity contribution in [1.82, 2.24) is 0 Å². The fourth-order valence-electron chi connectivity index (χ4n) is 2.66. The van der Waals surface area contributed by atoms with Crippen molar-refractivity contribution in [1.29, 1.82) is 5.26 Å². The molecule has 0 spiro atoms. The molecule has 136 valence electrons. The normalized spacial score (nSPS) is 18.3. The minimum absolute atomic E-state index is 0.214. The van der Waals surface area contributed by atoms with Crippen molar-refractivity contribution in [3.8, 4) is 6.07 Å². The molecule has 0 radical (unpaired) electrons. The number of primary amides is 1. The Kier molecular flexibility index (Phi) is 5.90. The van der Waals surface area contributed by atoms with Crippen LogP contribution in [0.4, 0.5) is 5.69 Å². The van der Waals surface area contributed by atoms with Crippen molar-refractivity contribution in [2.75, 3.05) is 4.90 Å². The Balaban J connectivity index is 2.01. The van der Waals surface area contributed by atoms with E-state index in [0.29, 0.717) is 17.1 Å². The largest absolute Gasteiger partial charge is 0.365 e. The van der Waals surface area contributed by atoms with E-state index in [2.05, 4.69) is 15.9 Å². The fourth-order valence-corrected chi connectivity index (χ4v) is 4.37. The summed E-state index contributed by atoms with van der Waals surface area (Å²) in [7, 11) is 0. The van der Waals surface area contributed by atoms with E-state index < -0.39 is 11.2 Å². The molecule has 2 aromatic carbocycles. The highest BCUT2D eigenvalue weighted by atomic mass is 79.9. The van der Waals surface area contributed by atoms with Gasteiger partial charge in [-0.25, -0.2) is 0 Å². The summed E-state index contributed by atoms with van der Waals surface area (Å²) >= 11 is 10.5. The molecule has 8 heteroatoms. The Labute approximate surface area is 173 Å². The van der Waals surface area contributed by atoms with E-state index in [1.54, 1.807) is 24.3 Å². The zero-order valence-corrected chi connectivity index (χ0v) is 17.0. The Morgan fingerprint density at radius 1 is 1.22 bits per heavy atom. The first kappa shape index (κ1) is 19.5. The fraction of sp³-hybridized carbons (Fsp3) is 0.105. The third-order valence-corrected chi connectivity index (χ3v) is 5.99. The Bertz CT molecular complexity index is 968. The number of amides is 2. The van der Waals surface area contributed by atoms with Crippen LogP contribution in [0.3, 0.4) is 0 Å². The van der Waals surface area contributed by atoms with Crippen LogP contribution in [0.1, 0.15) is 5.56 Å². The molecule has 1 fully saturated rings. The van der Waals surface area contributed by atoms with Crippen LogP contribution in [0.25, 0.3) is 0 Å². The number of nitriles is 1. The van der Waals surface area contributed by atoms with Gasteiger partial charge in [0.25, 0.3) is 5.91 Å². The zero-order chi connectivity index (χ0) is 19.6. The van der Waals surface area contributed by atoms with Crippen LogP contribution in [0.2, 0.25) is 5.02 Å². The summed E-state index contributed by atoms with van der Waals surface area (Å²) in [6.07, 6.45) is 0.460. The highest BCUT2D eigenvalue weighted by Gasteiger charge is 2.40. The van der Waals surface area contributed by atoms with Gasteiger partial charge in [-0.2, -0.15) is 5.26 Å². The second-order valence-electron chi connectivity index (χ2n) is 5.74. The minimum atomic E-state index is -0.865. The lowest BCUT2D eigenvalue weighted by Crippen LogP contribution is -2.31. The number of nitrogens with zero attached hydrogens (tertiary/aromatic N) is 2. The molecule has 2 amide bonds. The molecule has 1 unspecified atom stereocenters. The Hall–Kier alpha value is -2.27. The van der Waals surface area contributed by atoms with Crippen LogP contribution in [-0.2, 0) is 16.0 Å². The van der Waals surface area contributed by atoms with Gasteiger partial charge in [-0.15, -0.1) is 0 Å². The highest BCUT2D eigenvalue weighted by Crippen LogP contribution is 2.42. The average Bonchev–Trinajstić information content (AvgIpc) is 2.94. The van der Waals surface area contributed by atoms with Gasteiger partial charge >= 0.3 is 0 Å². The second-order valence-corrected chi connectivity index (χ2v) is 8.29. The smallest absolute Gasteiger partial charge is 0.262 e. The van der Waals surface area contributed by atoms with Gasteiger partial charge < -0.3 is 5.73 Å². The van der Waals surface area contributed by atoms with E-state index in [4.69, 9.17) is 17.3 Å². The number of benzene rings is 2. The molecule has 2 N–H and O–H groups in total. The molecule has 1 aliphatic rings. The van der Waals surface area contributed by atoms with Gasteiger partial charge in [-0.05, 0) is 48.4 Å². The number of anilines is 1. The molecule has 1 saturated heterocycles. The molecular weight excluding hydrogens is 450 g/mol. The van der Waals surface area contributed by atoms with Gasteiger partial charge in [-0.3, -0.25) is 14.5 Å². The molecule has 1 atom stereocenters. The van der Waals surface area contributed by atoms with E-state index in [0.717, 1.165) is 10.0 Å². The van der Waals surface area contributed by atoms with Crippen LogP contribution >= 0.6 is 39.3 Å². The van der Waals surface area contributed by atoms with E-state index in [9.17, 15) is 14.9 Å². The van der Waals surface area contributed by atoms with Crippen molar-refractivity contribution in [3.05, 3.63) is 74.2 Å². The molecule has 0 saturated carbocycles. The summed E-state index contributed by atoms with van der Waals surface area (Å²) in [5.74, 6) is -1.08. The standard InChI is InChI=1S/C19H13BrClN3O2S/c20-12-3-1-11(2-4-12)9-16-18(26)24(14-7-5-13(21)6-8-14)19(27-16)15(10-22)17(23)25/h1-8,16H,9H2,(H2,23,25)/b19-15-. The molecule has 3 rings (SSSR count). The maximum Gasteiger partial charge on any atom is 0.262 e. The van der Waals surface area contributed by atoms with Gasteiger partial charge in [0.1, 0.15) is 16.7 Å². The van der Waals surface area contributed by atoms with Gasteiger partial charge in [-0.1, -0.05) is 51.4 Å². The molecule has 1 aliphatic heterocycles. The van der Waals surface area contributed by atoms with Crippen LogP contribution in [-0.4, -0.2) is 17.1 Å². The van der Waals surface area contributed by atoms with E-state index in [1.807, 2.05) is 30.3 Å². The van der Waals surface area contributed by atoms with E-state index in [1.165, 1.54) is 16.7 Å². The van der Waals surface area contributed by atoms with Crippen molar-refractivity contribution in [2.45, 2.75) is 11.7 Å². The predicted octanol–water partition coefficient (Wildman–Crippen LogP) is 4.01. The van der Waals surface area contributed by atoms with Crippen LogP contribution < -0.4 is 10.6 Å². The topological polar surface area (TPSA) is 87.2 Å². The van der Waals surface area contributed by atoms with Crippen LogP contribution in [0, 0.1) is 11.3 Å². The number of thioether (sulfide) groups is 1. The summed E-state index contributed by atoms with van der Waals surface area (Å²) in [6, 6.07) is 16.1. The molecule has 0 aliphatic carbocycles. The minimum Gasteiger partial charge on any atom is -0.365 e. The number of halogens is 2. The lowest BCUT2D eigenvalue weighted by atomic mass is 10.1. The molecule has 5 nitrogen and oxygen atoms in total. The van der Waals surface area contributed by atoms with Gasteiger partial charge in [0.2, 0.25) is 5.91 Å². The number of nitrogens with two attached hydrogens (primary N) is 1.